The van der Waals surface area contributed by atoms with Crippen LogP contribution in [0.5, 0.6) is 5.88 Å². The highest BCUT2D eigenvalue weighted by Crippen LogP contribution is 2.11. The van der Waals surface area contributed by atoms with Gasteiger partial charge in [0.25, 0.3) is 0 Å². The fourth-order valence-corrected chi connectivity index (χ4v) is 1.29. The zero-order valence-electron chi connectivity index (χ0n) is 10.4. The molecule has 0 saturated heterocycles. The summed E-state index contributed by atoms with van der Waals surface area (Å²) in [7, 11) is 1.60. The Hall–Kier alpha value is -1.36. The summed E-state index contributed by atoms with van der Waals surface area (Å²) in [6.45, 7) is 7.83. The lowest BCUT2D eigenvalue weighted by Gasteiger charge is -2.10. The van der Waals surface area contributed by atoms with E-state index in [2.05, 4.69) is 34.4 Å². The van der Waals surface area contributed by atoms with Crippen LogP contribution in [-0.4, -0.2) is 36.2 Å². The molecular formula is C11H20N4O. The molecule has 0 fully saturated rings. The van der Waals surface area contributed by atoms with Gasteiger partial charge in [-0.15, -0.1) is 0 Å². The van der Waals surface area contributed by atoms with E-state index < -0.39 is 0 Å². The van der Waals surface area contributed by atoms with Gasteiger partial charge in [0.15, 0.2) is 0 Å². The minimum Gasteiger partial charge on any atom is -0.481 e. The molecular weight excluding hydrogens is 204 g/mol. The number of aryl methyl sites for hydroxylation is 1. The Kier molecular flexibility index (Phi) is 4.98. The molecule has 0 amide bonds. The van der Waals surface area contributed by atoms with Crippen molar-refractivity contribution in [1.82, 2.24) is 15.3 Å². The van der Waals surface area contributed by atoms with Gasteiger partial charge in [-0.1, -0.05) is 13.8 Å². The number of methoxy groups -OCH3 is 1. The smallest absolute Gasteiger partial charge is 0.218 e. The number of ether oxygens (including phenoxy) is 1. The van der Waals surface area contributed by atoms with Crippen LogP contribution in [0.25, 0.3) is 0 Å². The second-order valence-electron chi connectivity index (χ2n) is 3.88. The molecule has 0 atom stereocenters. The fourth-order valence-electron chi connectivity index (χ4n) is 1.29. The molecule has 1 rings (SSSR count). The molecule has 0 radical (unpaired) electrons. The third-order valence-electron chi connectivity index (χ3n) is 2.01. The van der Waals surface area contributed by atoms with Crippen LogP contribution < -0.4 is 15.4 Å². The summed E-state index contributed by atoms with van der Waals surface area (Å²) in [4.78, 5) is 8.39. The molecule has 5 heteroatoms. The Balaban J connectivity index is 2.44. The number of hydrogen-bond acceptors (Lipinski definition) is 5. The summed E-state index contributed by atoms with van der Waals surface area (Å²) in [5, 5.41) is 6.54. The Morgan fingerprint density at radius 1 is 1.31 bits per heavy atom. The standard InChI is InChI=1S/C11H20N4O/c1-8(2)12-5-6-13-10-7-11(16-4)15-9(3)14-10/h7-8,12H,5-6H2,1-4H3,(H,13,14,15). The second-order valence-corrected chi connectivity index (χ2v) is 3.88. The van der Waals surface area contributed by atoms with Crippen molar-refractivity contribution in [3.63, 3.8) is 0 Å². The van der Waals surface area contributed by atoms with Gasteiger partial charge in [0.05, 0.1) is 7.11 Å². The van der Waals surface area contributed by atoms with Crippen molar-refractivity contribution >= 4 is 5.82 Å². The Morgan fingerprint density at radius 3 is 2.69 bits per heavy atom. The van der Waals surface area contributed by atoms with Crippen LogP contribution >= 0.6 is 0 Å². The van der Waals surface area contributed by atoms with E-state index in [1.165, 1.54) is 0 Å². The van der Waals surface area contributed by atoms with E-state index in [4.69, 9.17) is 4.74 Å². The number of aromatic nitrogens is 2. The Bertz CT molecular complexity index is 328. The minimum absolute atomic E-state index is 0.503. The molecule has 90 valence electrons. The average molecular weight is 224 g/mol. The molecule has 0 saturated carbocycles. The fraction of sp³-hybridized carbons (Fsp3) is 0.636. The van der Waals surface area contributed by atoms with Gasteiger partial charge >= 0.3 is 0 Å². The molecule has 0 aliphatic heterocycles. The van der Waals surface area contributed by atoms with Gasteiger partial charge < -0.3 is 15.4 Å². The molecule has 0 bridgehead atoms. The van der Waals surface area contributed by atoms with Crippen LogP contribution in [0, 0.1) is 6.92 Å². The number of nitrogens with one attached hydrogen (secondary N) is 2. The van der Waals surface area contributed by atoms with E-state index in [1.54, 1.807) is 13.2 Å². The summed E-state index contributed by atoms with van der Waals surface area (Å²) in [5.41, 5.74) is 0. The number of anilines is 1. The van der Waals surface area contributed by atoms with Crippen LogP contribution in [0.2, 0.25) is 0 Å². The van der Waals surface area contributed by atoms with E-state index in [0.717, 1.165) is 18.9 Å². The van der Waals surface area contributed by atoms with Crippen LogP contribution in [0.3, 0.4) is 0 Å². The first-order chi connectivity index (χ1) is 7.61. The van der Waals surface area contributed by atoms with Gasteiger partial charge in [0.1, 0.15) is 11.6 Å². The zero-order valence-corrected chi connectivity index (χ0v) is 10.4. The predicted molar refractivity (Wildman–Crippen MR) is 64.9 cm³/mol. The van der Waals surface area contributed by atoms with Gasteiger partial charge in [0.2, 0.25) is 5.88 Å². The maximum Gasteiger partial charge on any atom is 0.218 e. The molecule has 1 aromatic heterocycles. The van der Waals surface area contributed by atoms with Crippen LogP contribution in [0.4, 0.5) is 5.82 Å². The molecule has 0 aliphatic rings. The van der Waals surface area contributed by atoms with Crippen LogP contribution in [0.15, 0.2) is 6.07 Å². The van der Waals surface area contributed by atoms with E-state index in [0.29, 0.717) is 17.7 Å². The monoisotopic (exact) mass is 224 g/mol. The first kappa shape index (κ1) is 12.7. The zero-order chi connectivity index (χ0) is 12.0. The molecule has 1 aromatic rings. The number of rotatable bonds is 6. The van der Waals surface area contributed by atoms with E-state index in [9.17, 15) is 0 Å². The predicted octanol–water partition coefficient (Wildman–Crippen LogP) is 1.20. The van der Waals surface area contributed by atoms with Crippen molar-refractivity contribution < 1.29 is 4.74 Å². The minimum atomic E-state index is 0.503. The van der Waals surface area contributed by atoms with E-state index in [-0.39, 0.29) is 0 Å². The third-order valence-corrected chi connectivity index (χ3v) is 2.01. The van der Waals surface area contributed by atoms with Crippen LogP contribution in [0.1, 0.15) is 19.7 Å². The lowest BCUT2D eigenvalue weighted by molar-refractivity contribution is 0.396. The van der Waals surface area contributed by atoms with Gasteiger partial charge in [-0.3, -0.25) is 0 Å². The summed E-state index contributed by atoms with van der Waals surface area (Å²) in [5.74, 6) is 2.10. The van der Waals surface area contributed by atoms with Crippen molar-refractivity contribution in [2.75, 3.05) is 25.5 Å². The topological polar surface area (TPSA) is 59.1 Å². The Labute approximate surface area is 96.6 Å². The van der Waals surface area contributed by atoms with Crippen molar-refractivity contribution in [1.29, 1.82) is 0 Å². The van der Waals surface area contributed by atoms with Crippen molar-refractivity contribution in [3.8, 4) is 5.88 Å². The van der Waals surface area contributed by atoms with E-state index >= 15 is 0 Å². The first-order valence-corrected chi connectivity index (χ1v) is 5.48. The maximum absolute atomic E-state index is 5.07. The first-order valence-electron chi connectivity index (χ1n) is 5.48. The van der Waals surface area contributed by atoms with Gasteiger partial charge in [-0.05, 0) is 6.92 Å². The summed E-state index contributed by atoms with van der Waals surface area (Å²) < 4.78 is 5.07. The summed E-state index contributed by atoms with van der Waals surface area (Å²) in [6, 6.07) is 2.30. The SMILES string of the molecule is COc1cc(NCCNC(C)C)nc(C)n1. The molecule has 0 aliphatic carbocycles. The van der Waals surface area contributed by atoms with Crippen molar-refractivity contribution in [3.05, 3.63) is 11.9 Å². The van der Waals surface area contributed by atoms with Gasteiger partial charge in [-0.25, -0.2) is 4.98 Å². The van der Waals surface area contributed by atoms with Crippen molar-refractivity contribution in [2.24, 2.45) is 0 Å². The third kappa shape index (κ3) is 4.44. The molecule has 16 heavy (non-hydrogen) atoms. The molecule has 0 spiro atoms. The largest absolute Gasteiger partial charge is 0.481 e. The molecule has 5 nitrogen and oxygen atoms in total. The molecule has 1 heterocycles. The maximum atomic E-state index is 5.07. The molecule has 2 N–H and O–H groups in total. The van der Waals surface area contributed by atoms with Crippen LogP contribution in [-0.2, 0) is 0 Å². The molecule has 0 unspecified atom stereocenters. The Morgan fingerprint density at radius 2 is 2.06 bits per heavy atom. The van der Waals surface area contributed by atoms with Gasteiger partial charge in [0, 0.05) is 25.2 Å². The van der Waals surface area contributed by atoms with E-state index in [1.807, 2.05) is 6.92 Å². The highest BCUT2D eigenvalue weighted by Gasteiger charge is 2.00. The average Bonchev–Trinajstić information content (AvgIpc) is 2.23. The lowest BCUT2D eigenvalue weighted by atomic mass is 10.4. The number of nitrogens with zero attached hydrogens (tertiary/aromatic N) is 2. The second kappa shape index (κ2) is 6.27. The highest BCUT2D eigenvalue weighted by molar-refractivity contribution is 5.38. The summed E-state index contributed by atoms with van der Waals surface area (Å²) >= 11 is 0. The lowest BCUT2D eigenvalue weighted by Crippen LogP contribution is -2.28. The normalized spacial score (nSPS) is 10.6. The highest BCUT2D eigenvalue weighted by atomic mass is 16.5. The van der Waals surface area contributed by atoms with Gasteiger partial charge in [-0.2, -0.15) is 4.98 Å². The van der Waals surface area contributed by atoms with Crippen molar-refractivity contribution in [2.45, 2.75) is 26.8 Å². The number of hydrogen-bond donors (Lipinski definition) is 2. The quantitative estimate of drug-likeness (QED) is 0.711. The molecule has 0 aromatic carbocycles. The summed E-state index contributed by atoms with van der Waals surface area (Å²) in [6.07, 6.45) is 0.